The molecule has 0 aromatic heterocycles. The number of benzene rings is 8. The molecule has 0 fully saturated rings. The van der Waals surface area contributed by atoms with Gasteiger partial charge in [0.1, 0.15) is 46.0 Å². The van der Waals surface area contributed by atoms with Crippen LogP contribution >= 0.6 is 31.3 Å². The molecule has 8 aromatic rings. The van der Waals surface area contributed by atoms with E-state index in [9.17, 15) is 37.8 Å². The normalized spacial score (nSPS) is 16.3. The average molecular weight is 2030 g/mol. The van der Waals surface area contributed by atoms with Gasteiger partial charge in [-0.1, -0.05) is 429 Å². The summed E-state index contributed by atoms with van der Waals surface area (Å²) in [4.78, 5) is 48.4. The molecule has 4 heterocycles. The Hall–Kier alpha value is -5.69. The summed E-state index contributed by atoms with van der Waals surface area (Å²) in [6.07, 6.45) is 2.19. The number of phosphoric ester groups is 4. The van der Waals surface area contributed by atoms with Gasteiger partial charge in [0.05, 0.1) is 0 Å². The maximum Gasteiger partial charge on any atom is 2.00 e. The molecule has 138 heavy (non-hydrogen) atoms. The van der Waals surface area contributed by atoms with Crippen molar-refractivity contribution in [2.75, 3.05) is 0 Å². The predicted octanol–water partition coefficient (Wildman–Crippen LogP) is 31.7. The summed E-state index contributed by atoms with van der Waals surface area (Å²) in [5.74, 6) is 3.49. The third kappa shape index (κ3) is 29.0. The Kier molecular flexibility index (Phi) is 33.9. The zero-order chi connectivity index (χ0) is 104. The molecule has 4 aliphatic rings. The number of rotatable bonds is 0. The number of hydrogen-bond donors (Lipinski definition) is 2. The standard InChI is InChI=1S/4C29H43O4P.Mg.Zn/c4*1-26(2,3)20-14-18-13-19-15-21(27(4,5)6)17-23(29(10,11)12)25(19)33-34(30,31)32-24(18)22(16-20)28(7,8)9;;/h4*14-17H,13H2,1-12H3,(H,30,31);;/q;;;;+2;/p-2. The second-order valence-corrected chi connectivity index (χ2v) is 60.5. The van der Waals surface area contributed by atoms with Gasteiger partial charge in [0, 0.05) is 89.7 Å². The van der Waals surface area contributed by atoms with Gasteiger partial charge < -0.3 is 46.0 Å². The molecule has 0 aliphatic carbocycles. The maximum absolute atomic E-state index is 13.4. The Morgan fingerprint density at radius 1 is 0.188 bits per heavy atom. The smallest absolute Gasteiger partial charge is 0.736 e. The van der Waals surface area contributed by atoms with Crippen molar-refractivity contribution in [3.05, 3.63) is 231 Å². The fourth-order valence-corrected chi connectivity index (χ4v) is 20.8. The summed E-state index contributed by atoms with van der Waals surface area (Å²) in [6.45, 7) is 103. The first kappa shape index (κ1) is 119. The fourth-order valence-electron chi connectivity index (χ4n) is 17.1. The van der Waals surface area contributed by atoms with Crippen LogP contribution in [-0.4, -0.2) is 32.8 Å². The summed E-state index contributed by atoms with van der Waals surface area (Å²) in [5, 5.41) is 0. The van der Waals surface area contributed by atoms with Crippen LogP contribution in [0.15, 0.2) is 97.1 Å². The number of phosphoric acid groups is 4. The van der Waals surface area contributed by atoms with E-state index in [1.807, 2.05) is 0 Å². The maximum atomic E-state index is 13.4. The van der Waals surface area contributed by atoms with Crippen molar-refractivity contribution in [2.45, 2.75) is 445 Å². The number of fused-ring (bicyclic) bond motifs is 8. The second kappa shape index (κ2) is 39.3. The number of hydrogen-bond acceptors (Lipinski definition) is 14. The van der Waals surface area contributed by atoms with E-state index in [1.54, 1.807) is 0 Å². The Balaban J connectivity index is 0.000000249. The molecule has 4 aliphatic heterocycles. The van der Waals surface area contributed by atoms with Gasteiger partial charge >= 0.3 is 54.3 Å². The predicted molar refractivity (Wildman–Crippen MR) is 568 cm³/mol. The summed E-state index contributed by atoms with van der Waals surface area (Å²) < 4.78 is 99.7. The first-order valence-corrected chi connectivity index (χ1v) is 54.6. The van der Waals surface area contributed by atoms with Gasteiger partial charge in [-0.25, -0.2) is 18.3 Å². The quantitative estimate of drug-likeness (QED) is 0.106. The van der Waals surface area contributed by atoms with Gasteiger partial charge in [0.25, 0.3) is 0 Å². The van der Waals surface area contributed by atoms with Crippen molar-refractivity contribution in [3.8, 4) is 46.0 Å². The van der Waals surface area contributed by atoms with E-state index in [1.165, 1.54) is 22.3 Å². The van der Waals surface area contributed by atoms with Gasteiger partial charge in [-0.2, -0.15) is 0 Å². The minimum absolute atomic E-state index is 0. The molecule has 8 aromatic carbocycles. The van der Waals surface area contributed by atoms with Crippen LogP contribution in [0.3, 0.4) is 0 Å². The van der Waals surface area contributed by atoms with Gasteiger partial charge in [-0.3, -0.25) is 9.79 Å². The van der Waals surface area contributed by atoms with Crippen LogP contribution in [0.4, 0.5) is 0 Å². The third-order valence-corrected chi connectivity index (χ3v) is 29.2. The Morgan fingerprint density at radius 2 is 0.283 bits per heavy atom. The van der Waals surface area contributed by atoms with Crippen LogP contribution in [0.1, 0.15) is 466 Å². The van der Waals surface area contributed by atoms with E-state index in [2.05, 4.69) is 429 Å². The first-order chi connectivity index (χ1) is 60.4. The second-order valence-electron chi connectivity index (χ2n) is 55.4. The van der Waals surface area contributed by atoms with E-state index in [4.69, 9.17) is 36.2 Å². The zero-order valence-corrected chi connectivity index (χ0v) is 102. The van der Waals surface area contributed by atoms with E-state index in [0.29, 0.717) is 71.7 Å². The van der Waals surface area contributed by atoms with E-state index in [0.717, 1.165) is 111 Å². The molecule has 22 heteroatoms. The van der Waals surface area contributed by atoms with Crippen LogP contribution in [0.2, 0.25) is 0 Å². The van der Waals surface area contributed by atoms with E-state index < -0.39 is 31.3 Å². The molecule has 0 bridgehead atoms. The van der Waals surface area contributed by atoms with Gasteiger partial charge in [0.15, 0.2) is 0 Å². The van der Waals surface area contributed by atoms with Crippen LogP contribution < -0.4 is 46.0 Å². The molecule has 0 amide bonds. The third-order valence-electron chi connectivity index (χ3n) is 25.9. The Morgan fingerprint density at radius 3 is 0.370 bits per heavy atom. The molecule has 0 atom stereocenters. The first-order valence-electron chi connectivity index (χ1n) is 48.7. The molecule has 0 saturated heterocycles. The average Bonchev–Trinajstić information content (AvgIpc) is 0.752. The van der Waals surface area contributed by atoms with Gasteiger partial charge in [0.2, 0.25) is 0 Å². The molecular formula is C116H170MgO16P4Zn. The molecule has 0 radical (unpaired) electrons. The van der Waals surface area contributed by atoms with E-state index in [-0.39, 0.29) is 129 Å². The largest absolute Gasteiger partial charge is 2.00 e. The SMILES string of the molecule is CC(C)(C)c1cc2c(c(C(C)(C)C)c1)OP(=O)(O)Oc1c(cc(C(C)(C)C)cc1C(C)(C)C)C2.CC(C)(C)c1cc2c(c(C(C)(C)C)c1)OP(=O)(O)Oc1c(cc(C(C)(C)C)cc1C(C)(C)C)C2.CC(C)(C)c1cc2c(c(C(C)(C)C)c1)OP(=O)([O-])Oc1c(cc(C(C)(C)C)cc1C(C)(C)C)C2.CC(C)(C)c1cc2c(c(C(C)(C)C)c1)OP(=O)([O-])Oc1c(cc(C(C)(C)C)cc1C(C)(C)C)C2.[Mg+2].[Zn]. The Labute approximate surface area is 862 Å². The zero-order valence-electron chi connectivity index (χ0n) is 93.9. The molecular weight excluding hydrogens is 1860 g/mol. The van der Waals surface area contributed by atoms with Crippen molar-refractivity contribution in [3.63, 3.8) is 0 Å². The minimum Gasteiger partial charge on any atom is -0.736 e. The van der Waals surface area contributed by atoms with Crippen LogP contribution in [0.5, 0.6) is 46.0 Å². The van der Waals surface area contributed by atoms with Crippen molar-refractivity contribution in [1.29, 1.82) is 0 Å². The van der Waals surface area contributed by atoms with Crippen LogP contribution in [0.25, 0.3) is 0 Å². The van der Waals surface area contributed by atoms with Gasteiger partial charge in [-0.15, -0.1) is 0 Å². The molecule has 0 spiro atoms. The molecule has 0 saturated carbocycles. The van der Waals surface area contributed by atoms with Crippen molar-refractivity contribution >= 4 is 54.3 Å². The topological polar surface area (TPSA) is 229 Å². The summed E-state index contributed by atoms with van der Waals surface area (Å²) in [6, 6.07) is 33.8. The van der Waals surface area contributed by atoms with Gasteiger partial charge in [-0.05, 0) is 176 Å². The minimum atomic E-state index is -4.68. The summed E-state index contributed by atoms with van der Waals surface area (Å²) >= 11 is 0. The molecule has 0 unspecified atom stereocenters. The van der Waals surface area contributed by atoms with Crippen LogP contribution in [-0.2, 0) is 150 Å². The molecule has 2 N–H and O–H groups in total. The monoisotopic (exact) mass is 2030 g/mol. The molecule has 12 rings (SSSR count). The van der Waals surface area contributed by atoms with E-state index >= 15 is 0 Å². The van der Waals surface area contributed by atoms with Crippen molar-refractivity contribution < 1.29 is 93.5 Å². The summed E-state index contributed by atoms with van der Waals surface area (Å²) in [5.41, 5.74) is 20.7. The van der Waals surface area contributed by atoms with Crippen molar-refractivity contribution in [1.82, 2.24) is 0 Å². The van der Waals surface area contributed by atoms with Crippen molar-refractivity contribution in [2.24, 2.45) is 0 Å². The molecule has 16 nitrogen and oxygen atoms in total. The molecule has 754 valence electrons. The summed E-state index contributed by atoms with van der Waals surface area (Å²) in [7, 11) is -18.2. The fraction of sp³-hybridized carbons (Fsp3) is 0.586. The Bertz CT molecular complexity index is 5000. The van der Waals surface area contributed by atoms with Crippen LogP contribution in [0, 0.1) is 0 Å².